The molecule has 7 unspecified atom stereocenters. The number of allylic oxidation sites excluding steroid dienone is 8. The average Bonchev–Trinajstić information content (AvgIpc) is 1.19. The molecule has 1 fully saturated rings. The second-order valence-electron chi connectivity index (χ2n) is 41.5. The number of aryl methyl sites for hydroxylation is 18. The summed E-state index contributed by atoms with van der Waals surface area (Å²) >= 11 is 0. The fourth-order valence-corrected chi connectivity index (χ4v) is 16.7. The lowest BCUT2D eigenvalue weighted by atomic mass is 9.78. The molecule has 1 saturated carbocycles. The van der Waals surface area contributed by atoms with Crippen molar-refractivity contribution < 1.29 is 52.3 Å². The van der Waals surface area contributed by atoms with Crippen LogP contribution in [0.15, 0.2) is 290 Å². The van der Waals surface area contributed by atoms with Crippen molar-refractivity contribution in [2.75, 3.05) is 0 Å². The van der Waals surface area contributed by atoms with E-state index >= 15 is 4.39 Å². The van der Waals surface area contributed by atoms with Gasteiger partial charge in [0.2, 0.25) is 0 Å². The van der Waals surface area contributed by atoms with Gasteiger partial charge in [-0.2, -0.15) is 0 Å². The average molecular weight is 2000 g/mol. The first-order valence-corrected chi connectivity index (χ1v) is 53.4. The van der Waals surface area contributed by atoms with Crippen LogP contribution in [-0.2, 0) is 11.1 Å². The molecule has 0 saturated heterocycles. The van der Waals surface area contributed by atoms with Gasteiger partial charge < -0.3 is 29.2 Å². The van der Waals surface area contributed by atoms with E-state index in [4.69, 9.17) is 38.3 Å². The molecule has 0 radical (unpaired) electrons. The highest BCUT2D eigenvalue weighted by molar-refractivity contribution is 5.88. The minimum Gasteiger partial charge on any atom is -0.478 e. The van der Waals surface area contributed by atoms with E-state index in [1.54, 1.807) is 42.3 Å². The van der Waals surface area contributed by atoms with Crippen LogP contribution in [0.4, 0.5) is 13.5 Å². The van der Waals surface area contributed by atoms with E-state index in [2.05, 4.69) is 279 Å². The molecule has 147 heavy (non-hydrogen) atoms. The number of hydrogen-bond acceptors (Lipinski definition) is 6. The molecule has 2 N–H and O–H groups in total. The summed E-state index contributed by atoms with van der Waals surface area (Å²) in [5.74, 6) is 11.5. The molecule has 0 amide bonds. The molecule has 4 aliphatic carbocycles. The summed E-state index contributed by atoms with van der Waals surface area (Å²) in [5, 5.41) is 17.2. The van der Waals surface area contributed by atoms with Crippen LogP contribution in [0.25, 0.3) is 0 Å². The number of carboxylic acids is 2. The van der Waals surface area contributed by atoms with Gasteiger partial charge in [-0.05, 0) is 495 Å². The third-order valence-corrected chi connectivity index (χ3v) is 29.8. The van der Waals surface area contributed by atoms with Gasteiger partial charge in [0.05, 0.1) is 11.1 Å². The first kappa shape index (κ1) is 125. The predicted octanol–water partition coefficient (Wildman–Crippen LogP) is 41.2. The molecular formula is C136H177F3O8. The zero-order valence-corrected chi connectivity index (χ0v) is 95.3. The first-order chi connectivity index (χ1) is 69.8. The number of halogens is 3. The molecule has 7 atom stereocenters. The van der Waals surface area contributed by atoms with Crippen molar-refractivity contribution in [1.29, 1.82) is 0 Å². The molecule has 16 rings (SSSR count). The van der Waals surface area contributed by atoms with Crippen molar-refractivity contribution in [2.24, 2.45) is 41.4 Å². The van der Waals surface area contributed by atoms with E-state index in [1.807, 2.05) is 191 Å². The second-order valence-corrected chi connectivity index (χ2v) is 41.5. The standard InChI is InChI=1S/C31H32O2.C22H22O2.C18H21F.C12H24.2C9H10O2.C9H14.2C8H14.C8H10.C2H6.F2/c1-21-7-13-29(19-23(21)3)32-27-15-9-25(10-16-27)31(5,6)26-11-17-28(18-12-26)33-30-14-8-22(2)24(4)20-30;1-15-5-7-21(13-17(15)3)23-19-9-11-20(12-10-19)24-22-8-6-16(2)18(4)14-22;1-12-6-8-16(10-14(12)3)18(5,19)17-9-7-13(2)15(4)11-17;1-4-6-7-8-9-10-11-12(3)5-2;2*1-6-3-4-8(9(10)11)5-7(6)2;1-6-7(2)9-4-3-8(6)5-9;3*1-7-5-3-4-6-8(7)2;2*1-2/h7-20H,1-6H3;5-14H,1-4H3;6-11H,1-5H3;9-10,12H,4-8,11H2,1-3H3;2*3-5H,1-2H3,(H,10,11);3-4,6-9H,5H2,1-2H3;3-6H2,1-2H3;3-4,7-8H,5-6H2,1-2H3;3-6H,1-2H3;1-2H3;/b;;;10-9+;;;;;;;;. The Morgan fingerprint density at radius 2 is 0.619 bits per heavy atom. The van der Waals surface area contributed by atoms with Crippen LogP contribution in [-0.4, -0.2) is 22.2 Å². The number of benzene rings is 12. The van der Waals surface area contributed by atoms with Crippen molar-refractivity contribution in [3.05, 3.63) is 424 Å². The fourth-order valence-electron chi connectivity index (χ4n) is 16.7. The van der Waals surface area contributed by atoms with Crippen LogP contribution in [0, 0.1) is 166 Å². The van der Waals surface area contributed by atoms with Gasteiger partial charge in [-0.1, -0.05) is 264 Å². The summed E-state index contributed by atoms with van der Waals surface area (Å²) in [4.78, 5) is 20.9. The molecule has 0 aromatic heterocycles. The van der Waals surface area contributed by atoms with Crippen molar-refractivity contribution >= 4 is 11.9 Å². The lowest BCUT2D eigenvalue weighted by Crippen LogP contribution is -2.18. The maximum Gasteiger partial charge on any atom is 0.335 e. The minimum absolute atomic E-state index is 0.141. The quantitative estimate of drug-likeness (QED) is 0.0541. The number of hydrogen-bond donors (Lipinski definition) is 2. The summed E-state index contributed by atoms with van der Waals surface area (Å²) in [6, 6.07) is 79.3. The molecule has 11 heteroatoms. The van der Waals surface area contributed by atoms with Crippen LogP contribution < -0.4 is 18.9 Å². The zero-order valence-electron chi connectivity index (χ0n) is 95.3. The number of carbonyl (C=O) groups is 2. The van der Waals surface area contributed by atoms with Crippen molar-refractivity contribution in [1.82, 2.24) is 0 Å². The summed E-state index contributed by atoms with van der Waals surface area (Å²) in [7, 11) is 0. The SMILES string of the molecule is CC.CC1=C(C)CCCC1.CC1C2C=CC(C2)C1C.CC1CC=CCC1C.CCCCC/C=C/CC(C)CC.Cc1ccc(C(=O)O)cc1C.Cc1ccc(C(=O)O)cc1C.Cc1ccc(C(C)(F)c2ccc(C)c(C)c2)cc1C.Cc1ccc(Oc2ccc(C(C)(C)c3ccc(Oc4ccc(C)c(C)c4)cc3)cc2)cc1C.Cc1ccc(Oc2ccc(Oc3ccc(C)c(C)c3)cc2)cc1C.Cc1ccccc1C.FF. The van der Waals surface area contributed by atoms with Crippen molar-refractivity contribution in [3.8, 4) is 46.0 Å². The van der Waals surface area contributed by atoms with Crippen molar-refractivity contribution in [3.63, 3.8) is 0 Å². The third-order valence-electron chi connectivity index (χ3n) is 29.8. The molecule has 0 spiro atoms. The molecule has 790 valence electrons. The molecule has 0 heterocycles. The highest BCUT2D eigenvalue weighted by Gasteiger charge is 2.39. The van der Waals surface area contributed by atoms with E-state index in [-0.39, 0.29) is 5.41 Å². The Morgan fingerprint density at radius 1 is 0.354 bits per heavy atom. The zero-order chi connectivity index (χ0) is 109. The van der Waals surface area contributed by atoms with Gasteiger partial charge in [-0.15, -0.1) is 0 Å². The van der Waals surface area contributed by atoms with Crippen LogP contribution >= 0.6 is 0 Å². The van der Waals surface area contributed by atoms with Crippen LogP contribution in [0.1, 0.15) is 324 Å². The van der Waals surface area contributed by atoms with Gasteiger partial charge in [-0.3, -0.25) is 0 Å². The Bertz CT molecular complexity index is 5790. The monoisotopic (exact) mass is 2000 g/mol. The van der Waals surface area contributed by atoms with Gasteiger partial charge in [-0.25, -0.2) is 14.0 Å². The van der Waals surface area contributed by atoms with Crippen LogP contribution in [0.5, 0.6) is 46.0 Å². The van der Waals surface area contributed by atoms with Crippen LogP contribution in [0.3, 0.4) is 0 Å². The number of unbranched alkanes of at least 4 members (excludes halogenated alkanes) is 3. The summed E-state index contributed by atoms with van der Waals surface area (Å²) in [6.45, 7) is 67.8. The lowest BCUT2D eigenvalue weighted by Gasteiger charge is -2.26. The lowest BCUT2D eigenvalue weighted by molar-refractivity contribution is 0.0686. The Labute approximate surface area is 885 Å². The van der Waals surface area contributed by atoms with E-state index in [1.165, 1.54) is 161 Å². The topological polar surface area (TPSA) is 112 Å². The largest absolute Gasteiger partial charge is 0.478 e. The number of ether oxygens (including phenoxy) is 4. The molecule has 0 aliphatic heterocycles. The number of fused-ring (bicyclic) bond motifs is 2. The molecule has 12 aromatic rings. The summed E-state index contributed by atoms with van der Waals surface area (Å²) in [6.07, 6.45) is 31.6. The van der Waals surface area contributed by atoms with Gasteiger partial charge in [0, 0.05) is 14.6 Å². The summed E-state index contributed by atoms with van der Waals surface area (Å²) < 4.78 is 55.1. The Balaban J connectivity index is 0.000000298. The van der Waals surface area contributed by atoms with Crippen molar-refractivity contribution in [2.45, 2.75) is 316 Å². The number of carboxylic acid groups (broad SMARTS) is 2. The molecular weight excluding hydrogens is 1820 g/mol. The van der Waals surface area contributed by atoms with Gasteiger partial charge in [0.1, 0.15) is 46.0 Å². The molecule has 8 nitrogen and oxygen atoms in total. The van der Waals surface area contributed by atoms with Gasteiger partial charge in [0.15, 0.2) is 5.67 Å². The molecule has 4 aliphatic rings. The highest BCUT2D eigenvalue weighted by Crippen LogP contribution is 2.47. The van der Waals surface area contributed by atoms with E-state index < -0.39 is 17.6 Å². The maximum absolute atomic E-state index is 15.2. The second kappa shape index (κ2) is 63.9. The van der Waals surface area contributed by atoms with E-state index in [0.29, 0.717) is 11.1 Å². The fraction of sp³-hybridized carbons (Fsp3) is 0.397. The number of rotatable bonds is 21. The number of aromatic carboxylic acids is 2. The maximum atomic E-state index is 15.2. The number of alkyl halides is 1. The Hall–Kier alpha value is -12.5. The Kier molecular flexibility index (Phi) is 54.4. The summed E-state index contributed by atoms with van der Waals surface area (Å²) in [5.41, 5.74) is 27.9. The van der Waals surface area contributed by atoms with Gasteiger partial charge >= 0.3 is 11.9 Å². The Morgan fingerprint density at radius 3 is 0.864 bits per heavy atom. The predicted molar refractivity (Wildman–Crippen MR) is 620 cm³/mol. The van der Waals surface area contributed by atoms with E-state index in [9.17, 15) is 9.59 Å². The first-order valence-electron chi connectivity index (χ1n) is 53.4. The normalized spacial score (nSPS) is 15.5. The van der Waals surface area contributed by atoms with Gasteiger partial charge in [0.25, 0.3) is 0 Å². The highest BCUT2D eigenvalue weighted by atomic mass is 20.0. The van der Waals surface area contributed by atoms with E-state index in [0.717, 1.165) is 132 Å². The molecule has 2 bridgehead atoms. The third kappa shape index (κ3) is 42.4. The molecule has 12 aromatic carbocycles. The minimum atomic E-state index is -1.45. The van der Waals surface area contributed by atoms with Crippen LogP contribution in [0.2, 0.25) is 0 Å². The smallest absolute Gasteiger partial charge is 0.335 e.